The van der Waals surface area contributed by atoms with Gasteiger partial charge in [-0.05, 0) is 33.2 Å². The van der Waals surface area contributed by atoms with Gasteiger partial charge in [0.25, 0.3) is 0 Å². The molecular weight excluding hydrogens is 240 g/mol. The van der Waals surface area contributed by atoms with Crippen LogP contribution in [-0.4, -0.2) is 5.88 Å². The van der Waals surface area contributed by atoms with Crippen molar-refractivity contribution in [2.24, 2.45) is 0 Å². The van der Waals surface area contributed by atoms with Crippen LogP contribution in [0.3, 0.4) is 0 Å². The Labute approximate surface area is 112 Å². The number of rotatable bonds is 2. The number of halogens is 1. The Morgan fingerprint density at radius 2 is 1.39 bits per heavy atom. The molecule has 0 unspecified atom stereocenters. The Morgan fingerprint density at radius 1 is 0.833 bits per heavy atom. The summed E-state index contributed by atoms with van der Waals surface area (Å²) in [5.74, 6) is 0.539. The zero-order chi connectivity index (χ0) is 12.4. The van der Waals surface area contributed by atoms with E-state index in [1.54, 1.807) is 0 Å². The van der Waals surface area contributed by atoms with Crippen molar-refractivity contribution in [1.82, 2.24) is 0 Å². The standard InChI is InChI=1S/C17H13Cl/c18-11-5-10-17-15-8-3-1-6-13(15)12-14-7-2-4-9-16(14)17/h1-10,12H,11H2. The van der Waals surface area contributed by atoms with E-state index in [-0.39, 0.29) is 0 Å². The summed E-state index contributed by atoms with van der Waals surface area (Å²) in [5, 5.41) is 5.09. The lowest BCUT2D eigenvalue weighted by Gasteiger charge is -2.08. The first kappa shape index (κ1) is 11.3. The van der Waals surface area contributed by atoms with E-state index in [9.17, 15) is 0 Å². The molecule has 0 radical (unpaired) electrons. The second-order valence-electron chi connectivity index (χ2n) is 4.29. The SMILES string of the molecule is ClCC=Cc1c2ccccc2cc2ccccc12. The summed E-state index contributed by atoms with van der Waals surface area (Å²) in [7, 11) is 0. The second-order valence-corrected chi connectivity index (χ2v) is 4.60. The van der Waals surface area contributed by atoms with Crippen LogP contribution >= 0.6 is 11.6 Å². The monoisotopic (exact) mass is 252 g/mol. The first-order valence-corrected chi connectivity index (χ1v) is 6.56. The van der Waals surface area contributed by atoms with Gasteiger partial charge in [0.1, 0.15) is 0 Å². The van der Waals surface area contributed by atoms with Gasteiger partial charge in [0.2, 0.25) is 0 Å². The number of benzene rings is 3. The second kappa shape index (κ2) is 4.83. The Hall–Kier alpha value is -1.79. The van der Waals surface area contributed by atoms with E-state index in [0.29, 0.717) is 5.88 Å². The molecule has 0 aliphatic heterocycles. The molecule has 0 amide bonds. The van der Waals surface area contributed by atoms with E-state index >= 15 is 0 Å². The van der Waals surface area contributed by atoms with Crippen molar-refractivity contribution in [2.75, 3.05) is 5.88 Å². The van der Waals surface area contributed by atoms with Gasteiger partial charge < -0.3 is 0 Å². The smallest absolute Gasteiger partial charge is 0.0407 e. The molecule has 18 heavy (non-hydrogen) atoms. The first-order chi connectivity index (χ1) is 8.90. The lowest BCUT2D eigenvalue weighted by Crippen LogP contribution is -1.83. The topological polar surface area (TPSA) is 0 Å². The van der Waals surface area contributed by atoms with Crippen LogP contribution in [0.25, 0.3) is 27.6 Å². The van der Waals surface area contributed by atoms with Crippen LogP contribution in [-0.2, 0) is 0 Å². The molecule has 0 N–H and O–H groups in total. The zero-order valence-electron chi connectivity index (χ0n) is 9.94. The lowest BCUT2D eigenvalue weighted by molar-refractivity contribution is 1.72. The molecule has 88 valence electrons. The minimum atomic E-state index is 0.539. The zero-order valence-corrected chi connectivity index (χ0v) is 10.7. The maximum Gasteiger partial charge on any atom is 0.0407 e. The van der Waals surface area contributed by atoms with E-state index in [0.717, 1.165) is 0 Å². The summed E-state index contributed by atoms with van der Waals surface area (Å²) in [4.78, 5) is 0. The van der Waals surface area contributed by atoms with Crippen LogP contribution in [0.4, 0.5) is 0 Å². The van der Waals surface area contributed by atoms with Gasteiger partial charge >= 0.3 is 0 Å². The predicted octanol–water partition coefficient (Wildman–Crippen LogP) is 5.25. The van der Waals surface area contributed by atoms with Gasteiger partial charge in [-0.1, -0.05) is 60.7 Å². The summed E-state index contributed by atoms with van der Waals surface area (Å²) in [6.45, 7) is 0. The maximum absolute atomic E-state index is 5.77. The molecule has 0 bridgehead atoms. The molecule has 0 heterocycles. The molecule has 0 saturated carbocycles. The van der Waals surface area contributed by atoms with Crippen LogP contribution in [0.1, 0.15) is 5.56 Å². The summed E-state index contributed by atoms with van der Waals surface area (Å²) in [5.41, 5.74) is 1.25. The number of allylic oxidation sites excluding steroid dienone is 1. The quantitative estimate of drug-likeness (QED) is 0.432. The molecule has 0 saturated heterocycles. The molecular formula is C17H13Cl. The third-order valence-corrected chi connectivity index (χ3v) is 3.36. The maximum atomic E-state index is 5.77. The fourth-order valence-electron chi connectivity index (χ4n) is 2.39. The summed E-state index contributed by atoms with van der Waals surface area (Å²) in [6, 6.07) is 19.2. The van der Waals surface area contributed by atoms with Gasteiger partial charge in [-0.3, -0.25) is 0 Å². The summed E-state index contributed by atoms with van der Waals surface area (Å²) < 4.78 is 0. The normalized spacial score (nSPS) is 11.6. The van der Waals surface area contributed by atoms with Crippen molar-refractivity contribution >= 4 is 39.2 Å². The molecule has 3 aromatic carbocycles. The Kier molecular flexibility index (Phi) is 3.04. The molecule has 0 fully saturated rings. The highest BCUT2D eigenvalue weighted by Gasteiger charge is 2.03. The fourth-order valence-corrected chi connectivity index (χ4v) is 2.48. The van der Waals surface area contributed by atoms with E-state index in [1.807, 2.05) is 6.08 Å². The van der Waals surface area contributed by atoms with E-state index in [4.69, 9.17) is 11.6 Å². The lowest BCUT2D eigenvalue weighted by atomic mass is 9.96. The van der Waals surface area contributed by atoms with Gasteiger partial charge in [0.15, 0.2) is 0 Å². The number of hydrogen-bond acceptors (Lipinski definition) is 0. The predicted molar refractivity (Wildman–Crippen MR) is 81.2 cm³/mol. The summed E-state index contributed by atoms with van der Waals surface area (Å²) in [6.07, 6.45) is 4.12. The van der Waals surface area contributed by atoms with Crippen molar-refractivity contribution in [2.45, 2.75) is 0 Å². The van der Waals surface area contributed by atoms with Gasteiger partial charge in [0, 0.05) is 5.88 Å². The van der Waals surface area contributed by atoms with Gasteiger partial charge in [0.05, 0.1) is 0 Å². The molecule has 1 heteroatoms. The minimum Gasteiger partial charge on any atom is -0.122 e. The highest BCUT2D eigenvalue weighted by atomic mass is 35.5. The van der Waals surface area contributed by atoms with Crippen molar-refractivity contribution in [3.8, 4) is 0 Å². The van der Waals surface area contributed by atoms with Crippen molar-refractivity contribution in [3.63, 3.8) is 0 Å². The molecule has 0 nitrogen and oxygen atoms in total. The Bertz CT molecular complexity index is 672. The first-order valence-electron chi connectivity index (χ1n) is 6.03. The highest BCUT2D eigenvalue weighted by Crippen LogP contribution is 2.29. The average Bonchev–Trinajstić information content (AvgIpc) is 2.43. The molecule has 0 atom stereocenters. The van der Waals surface area contributed by atoms with Crippen LogP contribution in [0.5, 0.6) is 0 Å². The van der Waals surface area contributed by atoms with Crippen molar-refractivity contribution in [1.29, 1.82) is 0 Å². The third kappa shape index (κ3) is 1.89. The highest BCUT2D eigenvalue weighted by molar-refractivity contribution is 6.19. The molecule has 3 aromatic rings. The largest absolute Gasteiger partial charge is 0.122 e. The fraction of sp³-hybridized carbons (Fsp3) is 0.0588. The van der Waals surface area contributed by atoms with Gasteiger partial charge in [-0.15, -0.1) is 11.6 Å². The van der Waals surface area contributed by atoms with Crippen molar-refractivity contribution in [3.05, 3.63) is 66.2 Å². The average molecular weight is 253 g/mol. The van der Waals surface area contributed by atoms with Crippen LogP contribution < -0.4 is 0 Å². The van der Waals surface area contributed by atoms with Gasteiger partial charge in [-0.2, -0.15) is 0 Å². The third-order valence-electron chi connectivity index (χ3n) is 3.19. The molecule has 0 aliphatic carbocycles. The molecule has 0 aliphatic rings. The van der Waals surface area contributed by atoms with Crippen LogP contribution in [0.15, 0.2) is 60.7 Å². The number of alkyl halides is 1. The van der Waals surface area contributed by atoms with E-state index in [2.05, 4.69) is 60.7 Å². The minimum absolute atomic E-state index is 0.539. The number of hydrogen-bond donors (Lipinski definition) is 0. The Morgan fingerprint density at radius 3 is 1.94 bits per heavy atom. The van der Waals surface area contributed by atoms with Gasteiger partial charge in [-0.25, -0.2) is 0 Å². The number of fused-ring (bicyclic) bond motifs is 2. The van der Waals surface area contributed by atoms with Crippen LogP contribution in [0.2, 0.25) is 0 Å². The molecule has 0 aromatic heterocycles. The summed E-state index contributed by atoms with van der Waals surface area (Å²) >= 11 is 5.77. The Balaban J connectivity index is 2.45. The van der Waals surface area contributed by atoms with E-state index in [1.165, 1.54) is 27.1 Å². The molecule has 0 spiro atoms. The van der Waals surface area contributed by atoms with Crippen molar-refractivity contribution < 1.29 is 0 Å². The van der Waals surface area contributed by atoms with E-state index < -0.39 is 0 Å². The van der Waals surface area contributed by atoms with Crippen LogP contribution in [0, 0.1) is 0 Å². The molecule has 3 rings (SSSR count).